The number of amides is 1. The molecule has 1 amide bonds. The van der Waals surface area contributed by atoms with Gasteiger partial charge >= 0.3 is 0 Å². The molecule has 0 radical (unpaired) electrons. The van der Waals surface area contributed by atoms with Gasteiger partial charge in [-0.15, -0.1) is 0 Å². The van der Waals surface area contributed by atoms with Crippen LogP contribution in [0.3, 0.4) is 0 Å². The van der Waals surface area contributed by atoms with E-state index in [-0.39, 0.29) is 17.0 Å². The molecule has 3 rings (SSSR count). The molecule has 0 aliphatic carbocycles. The molecule has 1 saturated heterocycles. The molecule has 0 aromatic carbocycles. The van der Waals surface area contributed by atoms with Crippen molar-refractivity contribution in [3.05, 3.63) is 46.5 Å². The van der Waals surface area contributed by atoms with Crippen LogP contribution in [0.15, 0.2) is 35.4 Å². The van der Waals surface area contributed by atoms with Gasteiger partial charge in [0.15, 0.2) is 0 Å². The lowest BCUT2D eigenvalue weighted by Gasteiger charge is -2.27. The molecule has 1 aliphatic heterocycles. The zero-order chi connectivity index (χ0) is 17.8. The Morgan fingerprint density at radius 2 is 2.12 bits per heavy atom. The van der Waals surface area contributed by atoms with Crippen molar-refractivity contribution in [2.45, 2.75) is 19.4 Å². The topological polar surface area (TPSA) is 67.2 Å². The highest BCUT2D eigenvalue weighted by Gasteiger charge is 2.24. The van der Waals surface area contributed by atoms with Crippen molar-refractivity contribution < 1.29 is 9.53 Å². The summed E-state index contributed by atoms with van der Waals surface area (Å²) in [6, 6.07) is 5.63. The number of nitrogens with zero attached hydrogens (tertiary/aromatic N) is 4. The lowest BCUT2D eigenvalue weighted by molar-refractivity contribution is 0.0742. The first-order chi connectivity index (χ1) is 12.1. The number of fused-ring (bicyclic) bond motifs is 1. The summed E-state index contributed by atoms with van der Waals surface area (Å²) < 4.78 is 6.64. The van der Waals surface area contributed by atoms with Gasteiger partial charge in [0.25, 0.3) is 11.5 Å². The SMILES string of the molecule is COCC(C)N1CCCN(C(=O)c2cnc3ccccn3c2=O)CC1. The second-order valence-corrected chi connectivity index (χ2v) is 6.39. The Morgan fingerprint density at radius 1 is 1.28 bits per heavy atom. The quantitative estimate of drug-likeness (QED) is 0.824. The van der Waals surface area contributed by atoms with E-state index in [2.05, 4.69) is 16.8 Å². The predicted octanol–water partition coefficient (Wildman–Crippen LogP) is 0.877. The first kappa shape index (κ1) is 17.6. The van der Waals surface area contributed by atoms with E-state index < -0.39 is 0 Å². The smallest absolute Gasteiger partial charge is 0.270 e. The van der Waals surface area contributed by atoms with Crippen LogP contribution in [0.25, 0.3) is 5.65 Å². The largest absolute Gasteiger partial charge is 0.383 e. The van der Waals surface area contributed by atoms with Crippen LogP contribution in [0.2, 0.25) is 0 Å². The predicted molar refractivity (Wildman–Crippen MR) is 94.9 cm³/mol. The summed E-state index contributed by atoms with van der Waals surface area (Å²) in [7, 11) is 1.70. The third-order valence-corrected chi connectivity index (χ3v) is 4.69. The summed E-state index contributed by atoms with van der Waals surface area (Å²) in [4.78, 5) is 33.8. The molecule has 2 aromatic heterocycles. The van der Waals surface area contributed by atoms with Gasteiger partial charge in [-0.25, -0.2) is 4.98 Å². The summed E-state index contributed by atoms with van der Waals surface area (Å²) in [5.74, 6) is -0.239. The van der Waals surface area contributed by atoms with E-state index >= 15 is 0 Å². The lowest BCUT2D eigenvalue weighted by atomic mass is 10.2. The van der Waals surface area contributed by atoms with Crippen LogP contribution in [0.5, 0.6) is 0 Å². The Kier molecular flexibility index (Phi) is 5.45. The molecule has 1 unspecified atom stereocenters. The Morgan fingerprint density at radius 3 is 2.92 bits per heavy atom. The van der Waals surface area contributed by atoms with Gasteiger partial charge < -0.3 is 9.64 Å². The molecule has 7 nitrogen and oxygen atoms in total. The van der Waals surface area contributed by atoms with Crippen LogP contribution >= 0.6 is 0 Å². The zero-order valence-electron chi connectivity index (χ0n) is 14.7. The summed E-state index contributed by atoms with van der Waals surface area (Å²) in [6.45, 7) is 5.74. The van der Waals surface area contributed by atoms with Gasteiger partial charge in [0.2, 0.25) is 0 Å². The molecular formula is C18H24N4O3. The van der Waals surface area contributed by atoms with Crippen LogP contribution < -0.4 is 5.56 Å². The van der Waals surface area contributed by atoms with E-state index in [1.807, 2.05) is 6.07 Å². The van der Waals surface area contributed by atoms with Crippen molar-refractivity contribution in [3.63, 3.8) is 0 Å². The van der Waals surface area contributed by atoms with Gasteiger partial charge in [-0.3, -0.25) is 18.9 Å². The minimum atomic E-state index is -0.315. The normalized spacial score (nSPS) is 17.4. The van der Waals surface area contributed by atoms with Crippen LogP contribution in [-0.2, 0) is 4.74 Å². The number of ether oxygens (including phenoxy) is 1. The van der Waals surface area contributed by atoms with Gasteiger partial charge in [0.1, 0.15) is 11.2 Å². The second kappa shape index (κ2) is 7.76. The van der Waals surface area contributed by atoms with E-state index in [0.717, 1.165) is 19.5 Å². The number of methoxy groups -OCH3 is 1. The molecule has 1 atom stereocenters. The van der Waals surface area contributed by atoms with Crippen molar-refractivity contribution in [2.75, 3.05) is 39.9 Å². The van der Waals surface area contributed by atoms with E-state index in [1.165, 1.54) is 10.6 Å². The molecule has 134 valence electrons. The molecule has 1 fully saturated rings. The molecule has 0 bridgehead atoms. The number of carbonyl (C=O) groups is 1. The highest BCUT2D eigenvalue weighted by molar-refractivity contribution is 5.93. The average molecular weight is 344 g/mol. The zero-order valence-corrected chi connectivity index (χ0v) is 14.7. The maximum absolute atomic E-state index is 12.8. The van der Waals surface area contributed by atoms with E-state index in [9.17, 15) is 9.59 Å². The number of rotatable bonds is 4. The number of hydrogen-bond acceptors (Lipinski definition) is 5. The highest BCUT2D eigenvalue weighted by Crippen LogP contribution is 2.10. The van der Waals surface area contributed by atoms with Gasteiger partial charge in [-0.2, -0.15) is 0 Å². The maximum atomic E-state index is 12.8. The fraction of sp³-hybridized carbons (Fsp3) is 0.500. The molecule has 0 spiro atoms. The maximum Gasteiger partial charge on any atom is 0.270 e. The van der Waals surface area contributed by atoms with Crippen molar-refractivity contribution in [2.24, 2.45) is 0 Å². The Hall–Kier alpha value is -2.25. The molecule has 25 heavy (non-hydrogen) atoms. The Labute approximate surface area is 146 Å². The summed E-state index contributed by atoms with van der Waals surface area (Å²) in [6.07, 6.45) is 3.91. The first-order valence-electron chi connectivity index (χ1n) is 8.60. The van der Waals surface area contributed by atoms with E-state index in [0.29, 0.717) is 31.4 Å². The van der Waals surface area contributed by atoms with Crippen LogP contribution in [0, 0.1) is 0 Å². The molecule has 2 aromatic rings. The molecular weight excluding hydrogens is 320 g/mol. The minimum Gasteiger partial charge on any atom is -0.383 e. The van der Waals surface area contributed by atoms with E-state index in [4.69, 9.17) is 4.74 Å². The minimum absolute atomic E-state index is 0.127. The lowest BCUT2D eigenvalue weighted by Crippen LogP contribution is -2.41. The monoisotopic (exact) mass is 344 g/mol. The van der Waals surface area contributed by atoms with Gasteiger partial charge in [0.05, 0.1) is 6.61 Å². The second-order valence-electron chi connectivity index (χ2n) is 6.39. The average Bonchev–Trinajstić information content (AvgIpc) is 2.88. The fourth-order valence-corrected chi connectivity index (χ4v) is 3.27. The Bertz CT molecular complexity index is 804. The standard InChI is InChI=1S/C18H24N4O3/c1-14(13-25-2)20-7-5-8-21(11-10-20)17(23)15-12-19-16-6-3-4-9-22(16)18(15)24/h3-4,6,9,12,14H,5,7-8,10-11,13H2,1-2H3. The number of pyridine rings is 1. The number of hydrogen-bond donors (Lipinski definition) is 0. The van der Waals surface area contributed by atoms with Crippen LogP contribution in [-0.4, -0.2) is 71.0 Å². The number of aromatic nitrogens is 2. The molecule has 3 heterocycles. The first-order valence-corrected chi connectivity index (χ1v) is 8.60. The van der Waals surface area contributed by atoms with E-state index in [1.54, 1.807) is 30.3 Å². The van der Waals surface area contributed by atoms with Crippen molar-refractivity contribution in [1.82, 2.24) is 19.2 Å². The molecule has 1 aliphatic rings. The Balaban J connectivity index is 1.77. The van der Waals surface area contributed by atoms with Crippen molar-refractivity contribution in [1.29, 1.82) is 0 Å². The van der Waals surface area contributed by atoms with Crippen molar-refractivity contribution in [3.8, 4) is 0 Å². The van der Waals surface area contributed by atoms with Crippen molar-refractivity contribution >= 4 is 11.6 Å². The van der Waals surface area contributed by atoms with Gasteiger partial charge in [-0.1, -0.05) is 6.07 Å². The molecule has 7 heteroatoms. The van der Waals surface area contributed by atoms with Gasteiger partial charge in [-0.05, 0) is 25.5 Å². The number of carbonyl (C=O) groups excluding carboxylic acids is 1. The fourth-order valence-electron chi connectivity index (χ4n) is 3.27. The molecule has 0 saturated carbocycles. The van der Waals surface area contributed by atoms with Crippen LogP contribution in [0.4, 0.5) is 0 Å². The third-order valence-electron chi connectivity index (χ3n) is 4.69. The summed E-state index contributed by atoms with van der Waals surface area (Å²) >= 11 is 0. The summed E-state index contributed by atoms with van der Waals surface area (Å²) in [5, 5.41) is 0. The highest BCUT2D eigenvalue weighted by atomic mass is 16.5. The van der Waals surface area contributed by atoms with Gasteiger partial charge in [0, 0.05) is 51.7 Å². The van der Waals surface area contributed by atoms with Crippen LogP contribution in [0.1, 0.15) is 23.7 Å². The third kappa shape index (κ3) is 3.72. The molecule has 0 N–H and O–H groups in total. The summed E-state index contributed by atoms with van der Waals surface area (Å²) in [5.41, 5.74) is 0.353.